The Morgan fingerprint density at radius 1 is 0.933 bits per heavy atom. The van der Waals surface area contributed by atoms with Crippen molar-refractivity contribution in [1.82, 2.24) is 0 Å². The molecule has 1 saturated heterocycles. The molecular formula is C22H36O8. The maximum atomic E-state index is 10.2. The summed E-state index contributed by atoms with van der Waals surface area (Å²) in [5.41, 5.74) is 1.02. The standard InChI is InChI=1S/C22H36O8/c1-2-3-4-8-11-27-14-17(15-28-13-16-9-6-5-7-10-16)29-22-21(26)20(25)19(24)18(12-23)30-22/h5-7,9-10,17-26H,2-4,8,11-15H2,1H3/t17?,18-,19-,20+,21-,22-/m1/s1. The van der Waals surface area contributed by atoms with E-state index < -0.39 is 43.4 Å². The maximum Gasteiger partial charge on any atom is 0.187 e. The molecule has 8 heteroatoms. The maximum absolute atomic E-state index is 10.2. The molecule has 8 nitrogen and oxygen atoms in total. The lowest BCUT2D eigenvalue weighted by Crippen LogP contribution is -2.60. The molecule has 1 heterocycles. The van der Waals surface area contributed by atoms with Gasteiger partial charge in [0, 0.05) is 6.61 Å². The summed E-state index contributed by atoms with van der Waals surface area (Å²) in [5.74, 6) is 0. The second kappa shape index (κ2) is 14.1. The summed E-state index contributed by atoms with van der Waals surface area (Å²) in [7, 11) is 0. The van der Waals surface area contributed by atoms with Gasteiger partial charge in [-0.05, 0) is 12.0 Å². The summed E-state index contributed by atoms with van der Waals surface area (Å²) in [5, 5.41) is 39.5. The van der Waals surface area contributed by atoms with Crippen LogP contribution in [0.5, 0.6) is 0 Å². The van der Waals surface area contributed by atoms with E-state index >= 15 is 0 Å². The lowest BCUT2D eigenvalue weighted by Gasteiger charge is -2.40. The molecule has 172 valence electrons. The van der Waals surface area contributed by atoms with E-state index in [9.17, 15) is 20.4 Å². The first-order valence-electron chi connectivity index (χ1n) is 10.7. The van der Waals surface area contributed by atoms with Crippen molar-refractivity contribution in [1.29, 1.82) is 0 Å². The van der Waals surface area contributed by atoms with Gasteiger partial charge in [0.1, 0.15) is 30.5 Å². The zero-order valence-electron chi connectivity index (χ0n) is 17.6. The lowest BCUT2D eigenvalue weighted by atomic mass is 9.99. The number of hydrogen-bond donors (Lipinski definition) is 4. The molecule has 1 aromatic carbocycles. The van der Waals surface area contributed by atoms with Crippen molar-refractivity contribution < 1.29 is 39.4 Å². The van der Waals surface area contributed by atoms with Gasteiger partial charge in [-0.3, -0.25) is 0 Å². The van der Waals surface area contributed by atoms with Crippen molar-refractivity contribution in [2.24, 2.45) is 0 Å². The number of ether oxygens (including phenoxy) is 4. The molecule has 1 unspecified atom stereocenters. The van der Waals surface area contributed by atoms with Gasteiger partial charge < -0.3 is 39.4 Å². The van der Waals surface area contributed by atoms with E-state index in [4.69, 9.17) is 18.9 Å². The van der Waals surface area contributed by atoms with Crippen molar-refractivity contribution in [3.63, 3.8) is 0 Å². The molecule has 0 radical (unpaired) electrons. The second-order valence-electron chi connectivity index (χ2n) is 7.59. The van der Waals surface area contributed by atoms with Crippen molar-refractivity contribution in [3.05, 3.63) is 35.9 Å². The Bertz CT molecular complexity index is 555. The number of hydrogen-bond acceptors (Lipinski definition) is 8. The fourth-order valence-corrected chi connectivity index (χ4v) is 3.22. The van der Waals surface area contributed by atoms with Gasteiger partial charge >= 0.3 is 0 Å². The summed E-state index contributed by atoms with van der Waals surface area (Å²) in [6.07, 6.45) is -2.79. The molecule has 30 heavy (non-hydrogen) atoms. The van der Waals surface area contributed by atoms with Gasteiger partial charge in [0.05, 0.1) is 26.4 Å². The number of aliphatic hydroxyl groups is 4. The van der Waals surface area contributed by atoms with E-state index in [1.807, 2.05) is 30.3 Å². The Kier molecular flexibility index (Phi) is 11.8. The van der Waals surface area contributed by atoms with Crippen LogP contribution in [0, 0.1) is 0 Å². The van der Waals surface area contributed by atoms with E-state index in [0.717, 1.165) is 31.2 Å². The third kappa shape index (κ3) is 8.20. The molecule has 0 aromatic heterocycles. The monoisotopic (exact) mass is 428 g/mol. The molecule has 1 aliphatic rings. The molecule has 0 saturated carbocycles. The van der Waals surface area contributed by atoms with Crippen molar-refractivity contribution in [3.8, 4) is 0 Å². The topological polar surface area (TPSA) is 118 Å². The van der Waals surface area contributed by atoms with E-state index in [1.54, 1.807) is 0 Å². The molecule has 0 bridgehead atoms. The van der Waals surface area contributed by atoms with Crippen molar-refractivity contribution in [2.45, 2.75) is 76.0 Å². The Hall–Kier alpha value is -1.10. The summed E-state index contributed by atoms with van der Waals surface area (Å²) in [6.45, 7) is 3.05. The largest absolute Gasteiger partial charge is 0.394 e. The minimum atomic E-state index is -1.48. The highest BCUT2D eigenvalue weighted by Crippen LogP contribution is 2.23. The molecule has 6 atom stereocenters. The minimum Gasteiger partial charge on any atom is -0.394 e. The molecule has 0 amide bonds. The van der Waals surface area contributed by atoms with Gasteiger partial charge in [-0.1, -0.05) is 56.5 Å². The van der Waals surface area contributed by atoms with E-state index in [0.29, 0.717) is 13.2 Å². The first-order valence-corrected chi connectivity index (χ1v) is 10.7. The Labute approximate surface area is 178 Å². The van der Waals surface area contributed by atoms with E-state index in [-0.39, 0.29) is 13.2 Å². The highest BCUT2D eigenvalue weighted by atomic mass is 16.7. The zero-order valence-corrected chi connectivity index (χ0v) is 17.6. The van der Waals surface area contributed by atoms with Gasteiger partial charge in [-0.15, -0.1) is 0 Å². The van der Waals surface area contributed by atoms with Crippen LogP contribution in [0.15, 0.2) is 30.3 Å². The van der Waals surface area contributed by atoms with Crippen LogP contribution in [0.2, 0.25) is 0 Å². The van der Waals surface area contributed by atoms with Crippen LogP contribution in [-0.2, 0) is 25.6 Å². The molecule has 2 rings (SSSR count). The third-order valence-electron chi connectivity index (χ3n) is 5.04. The number of rotatable bonds is 14. The van der Waals surface area contributed by atoms with Crippen molar-refractivity contribution >= 4 is 0 Å². The highest BCUT2D eigenvalue weighted by Gasteiger charge is 2.44. The molecule has 4 N–H and O–H groups in total. The average molecular weight is 429 g/mol. The summed E-state index contributed by atoms with van der Waals surface area (Å²) >= 11 is 0. The predicted octanol–water partition coefficient (Wildman–Crippen LogP) is 0.985. The van der Waals surface area contributed by atoms with Gasteiger partial charge in [-0.25, -0.2) is 0 Å². The molecule has 0 spiro atoms. The van der Waals surface area contributed by atoms with Crippen LogP contribution in [0.25, 0.3) is 0 Å². The highest BCUT2D eigenvalue weighted by molar-refractivity contribution is 5.13. The van der Waals surface area contributed by atoms with Crippen molar-refractivity contribution in [2.75, 3.05) is 26.4 Å². The molecule has 1 aromatic rings. The number of benzene rings is 1. The predicted molar refractivity (Wildman–Crippen MR) is 110 cm³/mol. The zero-order chi connectivity index (χ0) is 21.8. The van der Waals surface area contributed by atoms with Crippen LogP contribution in [0.3, 0.4) is 0 Å². The molecular weight excluding hydrogens is 392 g/mol. The number of aliphatic hydroxyl groups excluding tert-OH is 4. The first-order chi connectivity index (χ1) is 14.6. The van der Waals surface area contributed by atoms with E-state index in [1.165, 1.54) is 0 Å². The molecule has 0 aliphatic carbocycles. The fourth-order valence-electron chi connectivity index (χ4n) is 3.22. The van der Waals surface area contributed by atoms with Crippen LogP contribution in [0.4, 0.5) is 0 Å². The number of unbranched alkanes of at least 4 members (excludes halogenated alkanes) is 3. The minimum absolute atomic E-state index is 0.193. The van der Waals surface area contributed by atoms with Crippen LogP contribution >= 0.6 is 0 Å². The average Bonchev–Trinajstić information content (AvgIpc) is 2.76. The molecule has 1 aliphatic heterocycles. The smallest absolute Gasteiger partial charge is 0.187 e. The Balaban J connectivity index is 1.88. The van der Waals surface area contributed by atoms with Crippen LogP contribution in [-0.4, -0.2) is 83.7 Å². The summed E-state index contributed by atoms with van der Waals surface area (Å²) < 4.78 is 22.7. The second-order valence-corrected chi connectivity index (χ2v) is 7.59. The van der Waals surface area contributed by atoms with E-state index in [2.05, 4.69) is 6.92 Å². The van der Waals surface area contributed by atoms with Crippen LogP contribution in [0.1, 0.15) is 38.2 Å². The summed E-state index contributed by atoms with van der Waals surface area (Å²) in [6, 6.07) is 9.70. The van der Waals surface area contributed by atoms with Crippen LogP contribution < -0.4 is 0 Å². The van der Waals surface area contributed by atoms with Gasteiger partial charge in [-0.2, -0.15) is 0 Å². The van der Waals surface area contributed by atoms with Gasteiger partial charge in [0.15, 0.2) is 6.29 Å². The quantitative estimate of drug-likeness (QED) is 0.324. The normalized spacial score (nSPS) is 27.8. The molecule has 1 fully saturated rings. The third-order valence-corrected chi connectivity index (χ3v) is 5.04. The fraction of sp³-hybridized carbons (Fsp3) is 0.727. The summed E-state index contributed by atoms with van der Waals surface area (Å²) in [4.78, 5) is 0. The van der Waals surface area contributed by atoms with Gasteiger partial charge in [0.2, 0.25) is 0 Å². The first kappa shape index (κ1) is 25.2. The SMILES string of the molecule is CCCCCCOCC(COCc1ccccc1)O[C@@H]1O[C@H](CO)[C@@H](O)[C@H](O)[C@H]1O. The Morgan fingerprint density at radius 3 is 2.37 bits per heavy atom. The lowest BCUT2D eigenvalue weighted by molar-refractivity contribution is -0.316. The Morgan fingerprint density at radius 2 is 1.67 bits per heavy atom. The van der Waals surface area contributed by atoms with Gasteiger partial charge in [0.25, 0.3) is 0 Å².